The average Bonchev–Trinajstić information content (AvgIpc) is 3.25. The number of carbonyl (C=O) groups is 2. The van der Waals surface area contributed by atoms with Crippen molar-refractivity contribution in [1.82, 2.24) is 0 Å². The zero-order valence-corrected chi connectivity index (χ0v) is 13.8. The highest BCUT2D eigenvalue weighted by molar-refractivity contribution is 5.95. The number of hydrogen-bond acceptors (Lipinski definition) is 3. The van der Waals surface area contributed by atoms with Crippen molar-refractivity contribution < 1.29 is 19.4 Å². The van der Waals surface area contributed by atoms with E-state index >= 15 is 0 Å². The molecular weight excluding hydrogens is 280 g/mol. The molecule has 4 nitrogen and oxygen atoms in total. The summed E-state index contributed by atoms with van der Waals surface area (Å²) < 4.78 is 5.42. The Bertz CT molecular complexity index is 362. The lowest BCUT2D eigenvalue weighted by molar-refractivity contribution is -0.137. The Balaban J connectivity index is 1.97. The third kappa shape index (κ3) is 8.98. The highest BCUT2D eigenvalue weighted by Crippen LogP contribution is 2.28. The number of epoxide rings is 1. The highest BCUT2D eigenvalue weighted by atomic mass is 16.6. The summed E-state index contributed by atoms with van der Waals surface area (Å²) in [7, 11) is 0. The van der Waals surface area contributed by atoms with E-state index in [0.717, 1.165) is 12.8 Å². The first-order chi connectivity index (χ1) is 10.6. The SMILES string of the molecule is CCCCCCCCCC1OC1C(=O)/C=C\CCCC(=O)O. The fourth-order valence-corrected chi connectivity index (χ4v) is 2.58. The molecule has 1 aliphatic heterocycles. The molecule has 1 N–H and O–H groups in total. The summed E-state index contributed by atoms with van der Waals surface area (Å²) in [5, 5.41) is 8.51. The van der Waals surface area contributed by atoms with Crippen LogP contribution in [0.25, 0.3) is 0 Å². The summed E-state index contributed by atoms with van der Waals surface area (Å²) in [5.74, 6) is -0.761. The van der Waals surface area contributed by atoms with Gasteiger partial charge in [-0.2, -0.15) is 0 Å². The molecule has 1 rings (SSSR count). The van der Waals surface area contributed by atoms with Crippen molar-refractivity contribution in [3.05, 3.63) is 12.2 Å². The van der Waals surface area contributed by atoms with Crippen molar-refractivity contribution in [2.75, 3.05) is 0 Å². The highest BCUT2D eigenvalue weighted by Gasteiger charge is 2.42. The third-order valence-electron chi connectivity index (χ3n) is 4.00. The monoisotopic (exact) mass is 310 g/mol. The Morgan fingerprint density at radius 2 is 1.73 bits per heavy atom. The minimum Gasteiger partial charge on any atom is -0.481 e. The topological polar surface area (TPSA) is 66.9 Å². The number of aliphatic carboxylic acids is 1. The van der Waals surface area contributed by atoms with E-state index < -0.39 is 5.97 Å². The van der Waals surface area contributed by atoms with Crippen LogP contribution in [0.3, 0.4) is 0 Å². The number of hydrogen-bond donors (Lipinski definition) is 1. The van der Waals surface area contributed by atoms with Gasteiger partial charge in [0.05, 0.1) is 6.10 Å². The standard InChI is InChI=1S/C18H30O4/c1-2-3-4-5-6-7-10-13-16-18(22-16)15(19)12-9-8-11-14-17(20)21/h9,12,16,18H,2-8,10-11,13-14H2,1H3,(H,20,21)/b12-9-. The molecule has 0 bridgehead atoms. The van der Waals surface area contributed by atoms with Gasteiger partial charge in [-0.3, -0.25) is 9.59 Å². The van der Waals surface area contributed by atoms with Gasteiger partial charge in [0, 0.05) is 6.42 Å². The van der Waals surface area contributed by atoms with Crippen LogP contribution in [0.15, 0.2) is 12.2 Å². The molecule has 1 saturated heterocycles. The summed E-state index contributed by atoms with van der Waals surface area (Å²) >= 11 is 0. The Labute approximate surface area is 133 Å². The Kier molecular flexibility index (Phi) is 9.80. The second kappa shape index (κ2) is 11.4. The van der Waals surface area contributed by atoms with E-state index in [1.54, 1.807) is 12.2 Å². The number of rotatable bonds is 14. The molecule has 4 heteroatoms. The molecule has 0 saturated carbocycles. The van der Waals surface area contributed by atoms with Gasteiger partial charge in [0.2, 0.25) is 0 Å². The van der Waals surface area contributed by atoms with Crippen LogP contribution in [-0.4, -0.2) is 29.1 Å². The van der Waals surface area contributed by atoms with Gasteiger partial charge in [0.1, 0.15) is 6.10 Å². The number of allylic oxidation sites excluding steroid dienone is 1. The van der Waals surface area contributed by atoms with Crippen molar-refractivity contribution in [3.63, 3.8) is 0 Å². The number of carbonyl (C=O) groups excluding carboxylic acids is 1. The first-order valence-corrected chi connectivity index (χ1v) is 8.72. The van der Waals surface area contributed by atoms with Crippen LogP contribution in [0.1, 0.15) is 77.6 Å². The quantitative estimate of drug-likeness (QED) is 0.295. The van der Waals surface area contributed by atoms with E-state index in [4.69, 9.17) is 9.84 Å². The summed E-state index contributed by atoms with van der Waals surface area (Å²) in [4.78, 5) is 22.1. The van der Waals surface area contributed by atoms with Crippen molar-refractivity contribution in [2.45, 2.75) is 89.8 Å². The van der Waals surface area contributed by atoms with Gasteiger partial charge >= 0.3 is 5.97 Å². The fraction of sp³-hybridized carbons (Fsp3) is 0.778. The summed E-state index contributed by atoms with van der Waals surface area (Å²) in [6.07, 6.45) is 14.5. The Morgan fingerprint density at radius 3 is 2.41 bits per heavy atom. The molecule has 1 fully saturated rings. The molecule has 22 heavy (non-hydrogen) atoms. The zero-order valence-electron chi connectivity index (χ0n) is 13.8. The number of ether oxygens (including phenoxy) is 1. The molecule has 0 aromatic heterocycles. The molecule has 0 aromatic rings. The number of carboxylic acid groups (broad SMARTS) is 1. The predicted octanol–water partition coefficient (Wildman–Crippen LogP) is 4.27. The molecule has 0 amide bonds. The lowest BCUT2D eigenvalue weighted by Gasteiger charge is -1.99. The van der Waals surface area contributed by atoms with E-state index in [2.05, 4.69) is 6.92 Å². The minimum absolute atomic E-state index is 0.0308. The van der Waals surface area contributed by atoms with E-state index in [9.17, 15) is 9.59 Å². The van der Waals surface area contributed by atoms with Crippen molar-refractivity contribution in [3.8, 4) is 0 Å². The van der Waals surface area contributed by atoms with Crippen LogP contribution in [0.2, 0.25) is 0 Å². The van der Waals surface area contributed by atoms with Crippen LogP contribution in [0, 0.1) is 0 Å². The Hall–Kier alpha value is -1.16. The van der Waals surface area contributed by atoms with Crippen LogP contribution < -0.4 is 0 Å². The largest absolute Gasteiger partial charge is 0.481 e. The summed E-state index contributed by atoms with van der Waals surface area (Å²) in [6, 6.07) is 0. The summed E-state index contributed by atoms with van der Waals surface area (Å²) in [6.45, 7) is 2.22. The first kappa shape index (κ1) is 18.9. The van der Waals surface area contributed by atoms with Crippen molar-refractivity contribution >= 4 is 11.8 Å². The van der Waals surface area contributed by atoms with Crippen molar-refractivity contribution in [1.29, 1.82) is 0 Å². The maximum atomic E-state index is 11.8. The molecule has 2 unspecified atom stereocenters. The van der Waals surface area contributed by atoms with Crippen LogP contribution >= 0.6 is 0 Å². The molecular formula is C18H30O4. The first-order valence-electron chi connectivity index (χ1n) is 8.72. The number of unbranched alkanes of at least 4 members (excludes halogenated alkanes) is 7. The summed E-state index contributed by atoms with van der Waals surface area (Å²) in [5.41, 5.74) is 0. The number of carboxylic acids is 1. The average molecular weight is 310 g/mol. The van der Waals surface area contributed by atoms with Gasteiger partial charge in [0.15, 0.2) is 5.78 Å². The van der Waals surface area contributed by atoms with Crippen LogP contribution in [0.5, 0.6) is 0 Å². The second-order valence-corrected chi connectivity index (χ2v) is 6.10. The lowest BCUT2D eigenvalue weighted by atomic mass is 10.1. The molecule has 1 heterocycles. The van der Waals surface area contributed by atoms with Gasteiger partial charge in [-0.25, -0.2) is 0 Å². The van der Waals surface area contributed by atoms with E-state index in [-0.39, 0.29) is 24.4 Å². The van der Waals surface area contributed by atoms with E-state index in [0.29, 0.717) is 12.8 Å². The fourth-order valence-electron chi connectivity index (χ4n) is 2.58. The molecule has 0 spiro atoms. The predicted molar refractivity (Wildman–Crippen MR) is 86.9 cm³/mol. The molecule has 2 atom stereocenters. The van der Waals surface area contributed by atoms with E-state index in [1.165, 1.54) is 38.5 Å². The maximum Gasteiger partial charge on any atom is 0.303 e. The smallest absolute Gasteiger partial charge is 0.303 e. The van der Waals surface area contributed by atoms with E-state index in [1.807, 2.05) is 0 Å². The minimum atomic E-state index is -0.792. The van der Waals surface area contributed by atoms with Crippen molar-refractivity contribution in [2.24, 2.45) is 0 Å². The maximum absolute atomic E-state index is 11.8. The molecule has 0 aliphatic carbocycles. The van der Waals surface area contributed by atoms with Gasteiger partial charge in [-0.05, 0) is 25.3 Å². The van der Waals surface area contributed by atoms with Gasteiger partial charge in [-0.15, -0.1) is 0 Å². The van der Waals surface area contributed by atoms with Crippen LogP contribution in [-0.2, 0) is 14.3 Å². The van der Waals surface area contributed by atoms with Gasteiger partial charge < -0.3 is 9.84 Å². The van der Waals surface area contributed by atoms with Gasteiger partial charge in [-0.1, -0.05) is 57.9 Å². The normalized spacial score (nSPS) is 20.4. The zero-order chi connectivity index (χ0) is 16.2. The molecule has 126 valence electrons. The van der Waals surface area contributed by atoms with Crippen LogP contribution in [0.4, 0.5) is 0 Å². The van der Waals surface area contributed by atoms with Gasteiger partial charge in [0.25, 0.3) is 0 Å². The molecule has 0 aromatic carbocycles. The molecule has 1 aliphatic rings. The number of ketones is 1. The molecule has 0 radical (unpaired) electrons. The second-order valence-electron chi connectivity index (χ2n) is 6.10. The Morgan fingerprint density at radius 1 is 1.05 bits per heavy atom. The lowest BCUT2D eigenvalue weighted by Crippen LogP contribution is -2.06. The third-order valence-corrected chi connectivity index (χ3v) is 4.00.